The fraction of sp³-hybridized carbons (Fsp3) is 0.625. The number of nitrogens with one attached hydrogen (secondary N) is 1. The van der Waals surface area contributed by atoms with Crippen LogP contribution in [-0.2, 0) is 0 Å². The Hall–Kier alpha value is -0.680. The van der Waals surface area contributed by atoms with E-state index in [1.807, 2.05) is 6.07 Å². The number of benzene rings is 1. The maximum absolute atomic E-state index is 5.73. The maximum atomic E-state index is 5.73. The molecule has 0 saturated carbocycles. The van der Waals surface area contributed by atoms with E-state index in [1.165, 1.54) is 5.56 Å². The number of halogens is 2. The van der Waals surface area contributed by atoms with Gasteiger partial charge >= 0.3 is 0 Å². The molecule has 2 heterocycles. The van der Waals surface area contributed by atoms with Crippen molar-refractivity contribution < 1.29 is 9.47 Å². The van der Waals surface area contributed by atoms with Gasteiger partial charge in [-0.15, -0.1) is 24.8 Å². The first-order chi connectivity index (χ1) is 9.57. The molecule has 1 fully saturated rings. The highest BCUT2D eigenvalue weighted by atomic mass is 35.5. The summed E-state index contributed by atoms with van der Waals surface area (Å²) in [7, 11) is 0. The highest BCUT2D eigenvalue weighted by Crippen LogP contribution is 2.46. The summed E-state index contributed by atoms with van der Waals surface area (Å²) < 4.78 is 11.3. The number of para-hydroxylation sites is 1. The molecule has 6 heteroatoms. The third-order valence-corrected chi connectivity index (χ3v) is 4.06. The van der Waals surface area contributed by atoms with Crippen LogP contribution in [0.5, 0.6) is 11.5 Å². The zero-order valence-electron chi connectivity index (χ0n) is 13.4. The zero-order valence-corrected chi connectivity index (χ0v) is 15.1. The number of nitrogens with zero attached hydrogens (tertiary/aromatic N) is 1. The summed E-state index contributed by atoms with van der Waals surface area (Å²) >= 11 is 0. The lowest BCUT2D eigenvalue weighted by atomic mass is 9.80. The third-order valence-electron chi connectivity index (χ3n) is 4.06. The van der Waals surface area contributed by atoms with Crippen LogP contribution in [0.1, 0.15) is 32.4 Å². The van der Waals surface area contributed by atoms with Crippen molar-refractivity contribution in [2.45, 2.75) is 26.8 Å². The standard InChI is InChI=1S/C16H24N2O2.2ClH/c1-16(2,3)15(18-9-7-17-8-10-18)12-5-4-6-13-14(12)20-11-19-13;;/h4-6,15,17H,7-11H2,1-3H3;2*1H/t15-;;/m1../s1. The average molecular weight is 349 g/mol. The van der Waals surface area contributed by atoms with Crippen LogP contribution < -0.4 is 14.8 Å². The van der Waals surface area contributed by atoms with Gasteiger partial charge in [-0.2, -0.15) is 0 Å². The Balaban J connectivity index is 0.00000121. The molecule has 0 amide bonds. The van der Waals surface area contributed by atoms with Gasteiger partial charge in [0, 0.05) is 37.8 Å². The largest absolute Gasteiger partial charge is 0.454 e. The normalized spacial score (nSPS) is 19.0. The maximum Gasteiger partial charge on any atom is 0.231 e. The van der Waals surface area contributed by atoms with Gasteiger partial charge in [0.05, 0.1) is 0 Å². The summed E-state index contributed by atoms with van der Waals surface area (Å²) in [6, 6.07) is 6.60. The van der Waals surface area contributed by atoms with Crippen LogP contribution >= 0.6 is 24.8 Å². The second-order valence-electron chi connectivity index (χ2n) is 6.64. The number of hydrogen-bond donors (Lipinski definition) is 1. The molecule has 4 nitrogen and oxygen atoms in total. The predicted octanol–water partition coefficient (Wildman–Crippen LogP) is 3.25. The Morgan fingerprint density at radius 2 is 1.77 bits per heavy atom. The molecule has 1 aromatic rings. The number of fused-ring (bicyclic) bond motifs is 1. The van der Waals surface area contributed by atoms with E-state index in [1.54, 1.807) is 0 Å². The molecule has 126 valence electrons. The molecule has 2 aliphatic rings. The van der Waals surface area contributed by atoms with Crippen LogP contribution in [0.2, 0.25) is 0 Å². The van der Waals surface area contributed by atoms with Gasteiger partial charge in [-0.25, -0.2) is 0 Å². The molecular formula is C16H26Cl2N2O2. The number of ether oxygens (including phenoxy) is 2. The summed E-state index contributed by atoms with van der Waals surface area (Å²) in [6.07, 6.45) is 0. The zero-order chi connectivity index (χ0) is 14.2. The van der Waals surface area contributed by atoms with Gasteiger partial charge in [-0.1, -0.05) is 32.9 Å². The van der Waals surface area contributed by atoms with Crippen molar-refractivity contribution >= 4 is 24.8 Å². The summed E-state index contributed by atoms with van der Waals surface area (Å²) in [5.74, 6) is 1.82. The van der Waals surface area contributed by atoms with Crippen molar-refractivity contribution in [3.63, 3.8) is 0 Å². The minimum Gasteiger partial charge on any atom is -0.454 e. The number of piperazine rings is 1. The molecular weight excluding hydrogens is 323 g/mol. The Kier molecular flexibility index (Phi) is 6.81. The van der Waals surface area contributed by atoms with E-state index in [4.69, 9.17) is 9.47 Å². The van der Waals surface area contributed by atoms with E-state index in [0.717, 1.165) is 37.7 Å². The summed E-state index contributed by atoms with van der Waals surface area (Å²) in [5.41, 5.74) is 1.41. The molecule has 1 atom stereocenters. The first-order valence-electron chi connectivity index (χ1n) is 7.40. The Morgan fingerprint density at radius 1 is 1.09 bits per heavy atom. The van der Waals surface area contributed by atoms with E-state index in [0.29, 0.717) is 12.8 Å². The minimum absolute atomic E-state index is 0. The quantitative estimate of drug-likeness (QED) is 0.889. The monoisotopic (exact) mass is 348 g/mol. The van der Waals surface area contributed by atoms with Gasteiger partial charge < -0.3 is 14.8 Å². The van der Waals surface area contributed by atoms with Crippen LogP contribution in [0, 0.1) is 5.41 Å². The lowest BCUT2D eigenvalue weighted by Crippen LogP contribution is -2.48. The smallest absolute Gasteiger partial charge is 0.231 e. The van der Waals surface area contributed by atoms with E-state index < -0.39 is 0 Å². The van der Waals surface area contributed by atoms with Crippen molar-refractivity contribution in [2.75, 3.05) is 33.0 Å². The first kappa shape index (κ1) is 19.4. The molecule has 1 N–H and O–H groups in total. The van der Waals surface area contributed by atoms with Gasteiger partial charge in [0.15, 0.2) is 11.5 Å². The molecule has 1 aromatic carbocycles. The minimum atomic E-state index is 0. The summed E-state index contributed by atoms with van der Waals surface area (Å²) in [4.78, 5) is 2.56. The van der Waals surface area contributed by atoms with Gasteiger partial charge in [-0.3, -0.25) is 4.90 Å². The van der Waals surface area contributed by atoms with Crippen molar-refractivity contribution in [3.05, 3.63) is 23.8 Å². The molecule has 0 aromatic heterocycles. The average Bonchev–Trinajstić information content (AvgIpc) is 2.88. The van der Waals surface area contributed by atoms with E-state index in [9.17, 15) is 0 Å². The predicted molar refractivity (Wildman–Crippen MR) is 93.7 cm³/mol. The lowest BCUT2D eigenvalue weighted by Gasteiger charge is -2.42. The Labute approximate surface area is 145 Å². The summed E-state index contributed by atoms with van der Waals surface area (Å²) in [6.45, 7) is 11.5. The highest BCUT2D eigenvalue weighted by Gasteiger charge is 2.36. The first-order valence-corrected chi connectivity index (χ1v) is 7.40. The summed E-state index contributed by atoms with van der Waals surface area (Å²) in [5, 5.41) is 3.43. The second-order valence-corrected chi connectivity index (χ2v) is 6.64. The molecule has 1 saturated heterocycles. The van der Waals surface area contributed by atoms with E-state index >= 15 is 0 Å². The van der Waals surface area contributed by atoms with Crippen molar-refractivity contribution in [2.24, 2.45) is 5.41 Å². The Morgan fingerprint density at radius 3 is 2.41 bits per heavy atom. The van der Waals surface area contributed by atoms with Crippen LogP contribution in [0.3, 0.4) is 0 Å². The topological polar surface area (TPSA) is 33.7 Å². The molecule has 0 unspecified atom stereocenters. The fourth-order valence-electron chi connectivity index (χ4n) is 3.32. The molecule has 3 rings (SSSR count). The molecule has 0 spiro atoms. The SMILES string of the molecule is CC(C)(C)[C@@H](c1cccc2c1OCO2)N1CCNCC1.Cl.Cl. The van der Waals surface area contributed by atoms with E-state index in [2.05, 4.69) is 43.1 Å². The molecule has 22 heavy (non-hydrogen) atoms. The molecule has 0 aliphatic carbocycles. The lowest BCUT2D eigenvalue weighted by molar-refractivity contribution is 0.0831. The number of rotatable bonds is 2. The van der Waals surface area contributed by atoms with Crippen LogP contribution in [0.15, 0.2) is 18.2 Å². The van der Waals surface area contributed by atoms with Crippen LogP contribution in [0.4, 0.5) is 0 Å². The van der Waals surface area contributed by atoms with Gasteiger partial charge in [0.25, 0.3) is 0 Å². The van der Waals surface area contributed by atoms with Gasteiger partial charge in [0.2, 0.25) is 6.79 Å². The van der Waals surface area contributed by atoms with Crippen LogP contribution in [0.25, 0.3) is 0 Å². The van der Waals surface area contributed by atoms with Gasteiger partial charge in [0.1, 0.15) is 0 Å². The van der Waals surface area contributed by atoms with Crippen molar-refractivity contribution in [1.82, 2.24) is 10.2 Å². The molecule has 2 aliphatic heterocycles. The highest BCUT2D eigenvalue weighted by molar-refractivity contribution is 5.85. The fourth-order valence-corrected chi connectivity index (χ4v) is 3.32. The van der Waals surface area contributed by atoms with Crippen LogP contribution in [-0.4, -0.2) is 37.9 Å². The molecule has 0 bridgehead atoms. The van der Waals surface area contributed by atoms with Crippen molar-refractivity contribution in [1.29, 1.82) is 0 Å². The second kappa shape index (κ2) is 7.73. The number of hydrogen-bond acceptors (Lipinski definition) is 4. The van der Waals surface area contributed by atoms with Crippen molar-refractivity contribution in [3.8, 4) is 11.5 Å². The third kappa shape index (κ3) is 3.80. The Bertz CT molecular complexity index is 486. The van der Waals surface area contributed by atoms with E-state index in [-0.39, 0.29) is 30.2 Å². The molecule has 0 radical (unpaired) electrons. The van der Waals surface area contributed by atoms with Gasteiger partial charge in [-0.05, 0) is 11.5 Å².